The number of benzene rings is 1. The molecule has 0 aromatic heterocycles. The lowest BCUT2D eigenvalue weighted by Gasteiger charge is -2.07. The molecule has 0 radical (unpaired) electrons. The van der Waals surface area contributed by atoms with E-state index in [0.717, 1.165) is 0 Å². The van der Waals surface area contributed by atoms with Crippen LogP contribution in [0, 0.1) is 0 Å². The van der Waals surface area contributed by atoms with E-state index in [1.165, 1.54) is 14.0 Å². The summed E-state index contributed by atoms with van der Waals surface area (Å²) >= 11 is 0. The minimum Gasteiger partial charge on any atom is -0.341 e. The maximum Gasteiger partial charge on any atom is 0.318 e. The Kier molecular flexibility index (Phi) is 4.86. The molecule has 3 N–H and O–H groups in total. The van der Waals surface area contributed by atoms with Crippen molar-refractivity contribution in [2.75, 3.05) is 17.7 Å². The highest BCUT2D eigenvalue weighted by Gasteiger charge is 2.05. The van der Waals surface area contributed by atoms with E-state index in [2.05, 4.69) is 16.0 Å². The van der Waals surface area contributed by atoms with Crippen LogP contribution in [-0.2, 0) is 9.59 Å². The summed E-state index contributed by atoms with van der Waals surface area (Å²) in [5, 5.41) is 7.59. The highest BCUT2D eigenvalue weighted by Crippen LogP contribution is 2.13. The van der Waals surface area contributed by atoms with Crippen LogP contribution in [0.15, 0.2) is 24.3 Å². The number of nitrogens with one attached hydrogen (secondary N) is 3. The summed E-state index contributed by atoms with van der Waals surface area (Å²) in [5.74, 6) is -0.542. The molecule has 18 heavy (non-hydrogen) atoms. The molecule has 0 aliphatic carbocycles. The van der Waals surface area contributed by atoms with Gasteiger partial charge in [-0.3, -0.25) is 9.59 Å². The molecular weight excluding hydrogens is 234 g/mol. The molecular formula is C12H15N3O3. The van der Waals surface area contributed by atoms with Gasteiger partial charge in [0.25, 0.3) is 0 Å². The lowest BCUT2D eigenvalue weighted by molar-refractivity contribution is -0.124. The van der Waals surface area contributed by atoms with Gasteiger partial charge in [0.2, 0.25) is 5.91 Å². The average molecular weight is 249 g/mol. The van der Waals surface area contributed by atoms with Crippen LogP contribution >= 0.6 is 0 Å². The Hall–Kier alpha value is -2.37. The molecule has 0 saturated heterocycles. The Bertz CT molecular complexity index is 454. The third-order valence-electron chi connectivity index (χ3n) is 2.06. The summed E-state index contributed by atoms with van der Waals surface area (Å²) in [5.41, 5.74) is 1.18. The maximum atomic E-state index is 11.3. The standard InChI is InChI=1S/C12H15N3O3/c1-8(16)7-11(17)14-9-3-5-10(6-4-9)15-12(18)13-2/h3-6H,7H2,1-2H3,(H,14,17)(H2,13,15,18). The number of urea groups is 1. The molecule has 1 aromatic carbocycles. The van der Waals surface area contributed by atoms with Gasteiger partial charge >= 0.3 is 6.03 Å². The first-order chi connectivity index (χ1) is 8.51. The molecule has 96 valence electrons. The van der Waals surface area contributed by atoms with Gasteiger partial charge in [0.15, 0.2) is 0 Å². The molecule has 1 rings (SSSR count). The molecule has 3 amide bonds. The third-order valence-corrected chi connectivity index (χ3v) is 2.06. The lowest BCUT2D eigenvalue weighted by atomic mass is 10.2. The molecule has 0 unspecified atom stereocenters. The first kappa shape index (κ1) is 13.7. The van der Waals surface area contributed by atoms with E-state index in [0.29, 0.717) is 11.4 Å². The zero-order valence-corrected chi connectivity index (χ0v) is 10.2. The average Bonchev–Trinajstić information content (AvgIpc) is 2.30. The number of amides is 3. The topological polar surface area (TPSA) is 87.3 Å². The number of hydrogen-bond donors (Lipinski definition) is 3. The van der Waals surface area contributed by atoms with Gasteiger partial charge in [-0.05, 0) is 31.2 Å². The fourth-order valence-corrected chi connectivity index (χ4v) is 1.26. The first-order valence-corrected chi connectivity index (χ1v) is 5.39. The Balaban J connectivity index is 2.57. The van der Waals surface area contributed by atoms with Gasteiger partial charge in [0, 0.05) is 18.4 Å². The molecule has 0 atom stereocenters. The van der Waals surface area contributed by atoms with E-state index in [1.54, 1.807) is 24.3 Å². The van der Waals surface area contributed by atoms with Crippen molar-refractivity contribution in [3.05, 3.63) is 24.3 Å². The van der Waals surface area contributed by atoms with Gasteiger partial charge in [0.1, 0.15) is 5.78 Å². The quantitative estimate of drug-likeness (QED) is 0.704. The summed E-state index contributed by atoms with van der Waals surface area (Å²) in [7, 11) is 1.52. The van der Waals surface area contributed by atoms with Crippen LogP contribution in [0.4, 0.5) is 16.2 Å². The predicted molar refractivity (Wildman–Crippen MR) is 68.4 cm³/mol. The van der Waals surface area contributed by atoms with Gasteiger partial charge in [-0.25, -0.2) is 4.79 Å². The van der Waals surface area contributed by atoms with Crippen molar-refractivity contribution in [3.63, 3.8) is 0 Å². The van der Waals surface area contributed by atoms with Crippen molar-refractivity contribution >= 4 is 29.1 Å². The summed E-state index contributed by atoms with van der Waals surface area (Å²) in [6, 6.07) is 6.27. The van der Waals surface area contributed by atoms with Gasteiger partial charge in [-0.2, -0.15) is 0 Å². The first-order valence-electron chi connectivity index (χ1n) is 5.39. The summed E-state index contributed by atoms with van der Waals surface area (Å²) < 4.78 is 0. The molecule has 0 aliphatic rings. The number of rotatable bonds is 4. The predicted octanol–water partition coefficient (Wildman–Crippen LogP) is 1.36. The van der Waals surface area contributed by atoms with Crippen LogP contribution in [-0.4, -0.2) is 24.8 Å². The summed E-state index contributed by atoms with van der Waals surface area (Å²) in [4.78, 5) is 33.1. The molecule has 0 aliphatic heterocycles. The highest BCUT2D eigenvalue weighted by molar-refractivity contribution is 6.03. The van der Waals surface area contributed by atoms with Crippen LogP contribution < -0.4 is 16.0 Å². The molecule has 1 aromatic rings. The summed E-state index contributed by atoms with van der Waals surface area (Å²) in [6.07, 6.45) is -0.141. The number of carbonyl (C=O) groups is 3. The van der Waals surface area contributed by atoms with Crippen molar-refractivity contribution in [2.24, 2.45) is 0 Å². The van der Waals surface area contributed by atoms with E-state index >= 15 is 0 Å². The van der Waals surface area contributed by atoms with Crippen LogP contribution in [0.25, 0.3) is 0 Å². The third kappa shape index (κ3) is 4.65. The van der Waals surface area contributed by atoms with Gasteiger partial charge in [0.05, 0.1) is 6.42 Å². The summed E-state index contributed by atoms with van der Waals surface area (Å²) in [6.45, 7) is 1.36. The minimum atomic E-state index is -0.352. The lowest BCUT2D eigenvalue weighted by Crippen LogP contribution is -2.24. The normalized spacial score (nSPS) is 9.44. The SMILES string of the molecule is CNC(=O)Nc1ccc(NC(=O)CC(C)=O)cc1. The van der Waals surface area contributed by atoms with Crippen molar-refractivity contribution in [1.82, 2.24) is 5.32 Å². The zero-order chi connectivity index (χ0) is 13.5. The molecule has 6 heteroatoms. The molecule has 6 nitrogen and oxygen atoms in total. The van der Waals surface area contributed by atoms with E-state index in [-0.39, 0.29) is 24.1 Å². The van der Waals surface area contributed by atoms with Crippen LogP contribution in [0.1, 0.15) is 13.3 Å². The van der Waals surface area contributed by atoms with Crippen LogP contribution in [0.3, 0.4) is 0 Å². The second-order valence-electron chi connectivity index (χ2n) is 3.71. The number of ketones is 1. The highest BCUT2D eigenvalue weighted by atomic mass is 16.2. The Labute approximate surface area is 105 Å². The molecule has 0 spiro atoms. The van der Waals surface area contributed by atoms with Gasteiger partial charge in [-0.1, -0.05) is 0 Å². The Morgan fingerprint density at radius 2 is 1.50 bits per heavy atom. The maximum absolute atomic E-state index is 11.3. The monoisotopic (exact) mass is 249 g/mol. The van der Waals surface area contributed by atoms with Crippen molar-refractivity contribution in [3.8, 4) is 0 Å². The fourth-order valence-electron chi connectivity index (χ4n) is 1.26. The van der Waals surface area contributed by atoms with Crippen molar-refractivity contribution in [1.29, 1.82) is 0 Å². The van der Waals surface area contributed by atoms with E-state index in [4.69, 9.17) is 0 Å². The van der Waals surface area contributed by atoms with Gasteiger partial charge in [-0.15, -0.1) is 0 Å². The van der Waals surface area contributed by atoms with E-state index < -0.39 is 0 Å². The minimum absolute atomic E-state index is 0.141. The zero-order valence-electron chi connectivity index (χ0n) is 10.2. The smallest absolute Gasteiger partial charge is 0.318 e. The second kappa shape index (κ2) is 6.39. The Morgan fingerprint density at radius 3 is 1.94 bits per heavy atom. The molecule has 0 bridgehead atoms. The van der Waals surface area contributed by atoms with Crippen LogP contribution in [0.5, 0.6) is 0 Å². The second-order valence-corrected chi connectivity index (χ2v) is 3.71. The van der Waals surface area contributed by atoms with Gasteiger partial charge < -0.3 is 16.0 Å². The molecule has 0 heterocycles. The molecule has 0 fully saturated rings. The van der Waals surface area contributed by atoms with E-state index in [9.17, 15) is 14.4 Å². The van der Waals surface area contributed by atoms with Crippen LogP contribution in [0.2, 0.25) is 0 Å². The van der Waals surface area contributed by atoms with Crippen molar-refractivity contribution < 1.29 is 14.4 Å². The number of carbonyl (C=O) groups excluding carboxylic acids is 3. The molecule has 0 saturated carbocycles. The Morgan fingerprint density at radius 1 is 1.00 bits per heavy atom. The van der Waals surface area contributed by atoms with E-state index in [1.807, 2.05) is 0 Å². The van der Waals surface area contributed by atoms with Crippen molar-refractivity contribution in [2.45, 2.75) is 13.3 Å². The number of hydrogen-bond acceptors (Lipinski definition) is 3. The number of Topliss-reactive ketones (excluding diaryl/α,β-unsaturated/α-hetero) is 1. The number of anilines is 2. The largest absolute Gasteiger partial charge is 0.341 e. The fraction of sp³-hybridized carbons (Fsp3) is 0.250.